The first-order valence-electron chi connectivity index (χ1n) is 34.0. The standard InChI is InChI=1S/C95H70Si/c1-95(2,3)89-55-53-83(71-35-15-17-37-75(71)89)93-79-41-21-19-39-77(79)91(81-51-49-73(67-31-11-13-33-69(67)81)65-43-23-27-59-25-7-9-29-63(59)65)85-47-45-61(57-87(85)93)62-46-48-86-88(58-62)94(84-54-56-90(96(4,5)6)76-38-18-16-36-72(76)84)80-42-22-20-40-78(80)92(86)82-52-50-74(68-32-12-14-34-70(68)82)66-44-24-28-60-26-8-10-30-64(60)66/h7-58H,1-6H3. The third-order valence-electron chi connectivity index (χ3n) is 20.9. The fraction of sp³-hybridized carbons (Fsp3) is 0.0737. The Hall–Kier alpha value is -11.2. The average molecular weight is 1240 g/mol. The lowest BCUT2D eigenvalue weighted by molar-refractivity contribution is 0.596. The third-order valence-corrected chi connectivity index (χ3v) is 23.0. The second kappa shape index (κ2) is 22.2. The predicted molar refractivity (Wildman–Crippen MR) is 421 cm³/mol. The van der Waals surface area contributed by atoms with Gasteiger partial charge in [0.25, 0.3) is 0 Å². The SMILES string of the molecule is CC(C)(C)c1ccc(-c2c3ccccc3c(-c3ccc(-c4cccc5ccccc45)c4ccccc34)c3ccc(-c4ccc5c(-c6ccc(-c7cccc8ccccc78)c7ccccc67)c6ccccc6c(-c6ccc([Si](C)(C)C)c7ccccc67)c5c4)cc23)c2ccccc12. The molecule has 0 aliphatic heterocycles. The van der Waals surface area contributed by atoms with E-state index in [1.165, 1.54) is 196 Å². The molecule has 0 amide bonds. The van der Waals surface area contributed by atoms with Crippen molar-refractivity contribution in [1.29, 1.82) is 0 Å². The summed E-state index contributed by atoms with van der Waals surface area (Å²) in [5.74, 6) is 0. The van der Waals surface area contributed by atoms with Crippen molar-refractivity contribution in [1.82, 2.24) is 0 Å². The van der Waals surface area contributed by atoms with E-state index in [0.29, 0.717) is 0 Å². The van der Waals surface area contributed by atoms with Crippen LogP contribution in [0.25, 0.3) is 186 Å². The van der Waals surface area contributed by atoms with Gasteiger partial charge in [0.15, 0.2) is 0 Å². The van der Waals surface area contributed by atoms with E-state index in [1.807, 2.05) is 0 Å². The molecule has 0 N–H and O–H groups in total. The number of hydrogen-bond acceptors (Lipinski definition) is 0. The van der Waals surface area contributed by atoms with E-state index in [-0.39, 0.29) is 5.41 Å². The van der Waals surface area contributed by atoms with E-state index in [0.717, 1.165) is 0 Å². The molecule has 0 bridgehead atoms. The highest BCUT2D eigenvalue weighted by atomic mass is 28.3. The van der Waals surface area contributed by atoms with Crippen molar-refractivity contribution in [2.45, 2.75) is 45.8 Å². The summed E-state index contributed by atoms with van der Waals surface area (Å²) in [6.07, 6.45) is 0. The van der Waals surface area contributed by atoms with E-state index in [9.17, 15) is 0 Å². The molecule has 0 aliphatic rings. The summed E-state index contributed by atoms with van der Waals surface area (Å²) in [6, 6.07) is 120. The Balaban J connectivity index is 0.937. The minimum atomic E-state index is -1.77. The van der Waals surface area contributed by atoms with Crippen LogP contribution in [0, 0.1) is 0 Å². The van der Waals surface area contributed by atoms with Crippen LogP contribution in [0.15, 0.2) is 315 Å². The average Bonchev–Trinajstić information content (AvgIpc) is 0.722. The zero-order valence-electron chi connectivity index (χ0n) is 55.0. The van der Waals surface area contributed by atoms with Crippen LogP contribution in [0.3, 0.4) is 0 Å². The lowest BCUT2D eigenvalue weighted by atomic mass is 9.79. The lowest BCUT2D eigenvalue weighted by Crippen LogP contribution is -2.38. The van der Waals surface area contributed by atoms with Crippen LogP contribution >= 0.6 is 0 Å². The van der Waals surface area contributed by atoms with Crippen molar-refractivity contribution in [2.75, 3.05) is 0 Å². The monoisotopic (exact) mass is 1240 g/mol. The number of hydrogen-bond donors (Lipinski definition) is 0. The Morgan fingerprint density at radius 3 is 0.875 bits per heavy atom. The third kappa shape index (κ3) is 9.09. The van der Waals surface area contributed by atoms with Crippen molar-refractivity contribution in [3.8, 4) is 77.9 Å². The highest BCUT2D eigenvalue weighted by Crippen LogP contribution is 2.53. The number of fused-ring (bicyclic) bond motifs is 10. The fourth-order valence-corrected chi connectivity index (χ4v) is 18.3. The molecule has 0 aromatic heterocycles. The van der Waals surface area contributed by atoms with E-state index in [4.69, 9.17) is 0 Å². The van der Waals surface area contributed by atoms with Gasteiger partial charge in [0.1, 0.15) is 0 Å². The second-order valence-electron chi connectivity index (χ2n) is 28.5. The molecule has 0 aliphatic carbocycles. The van der Waals surface area contributed by atoms with E-state index < -0.39 is 8.07 Å². The van der Waals surface area contributed by atoms with Gasteiger partial charge in [0.2, 0.25) is 0 Å². The van der Waals surface area contributed by atoms with Gasteiger partial charge in [0.05, 0.1) is 8.07 Å². The van der Waals surface area contributed by atoms with Gasteiger partial charge in [-0.25, -0.2) is 0 Å². The Morgan fingerprint density at radius 1 is 0.198 bits per heavy atom. The zero-order chi connectivity index (χ0) is 64.6. The summed E-state index contributed by atoms with van der Waals surface area (Å²) >= 11 is 0. The molecule has 0 atom stereocenters. The van der Waals surface area contributed by atoms with Gasteiger partial charge in [-0.15, -0.1) is 0 Å². The predicted octanol–water partition coefficient (Wildman–Crippen LogP) is 26.7. The number of rotatable bonds is 8. The van der Waals surface area contributed by atoms with Crippen molar-refractivity contribution in [2.24, 2.45) is 0 Å². The van der Waals surface area contributed by atoms with Crippen LogP contribution in [0.2, 0.25) is 19.6 Å². The normalized spacial score (nSPS) is 12.3. The Bertz CT molecular complexity index is 5890. The van der Waals surface area contributed by atoms with Crippen molar-refractivity contribution < 1.29 is 0 Å². The zero-order valence-corrected chi connectivity index (χ0v) is 56.0. The molecule has 454 valence electrons. The van der Waals surface area contributed by atoms with Crippen LogP contribution in [0.1, 0.15) is 26.3 Å². The van der Waals surface area contributed by atoms with Crippen LogP contribution in [0.4, 0.5) is 0 Å². The molecule has 18 rings (SSSR count). The van der Waals surface area contributed by atoms with Crippen LogP contribution < -0.4 is 5.19 Å². The molecule has 0 radical (unpaired) electrons. The minimum absolute atomic E-state index is 0.0601. The highest BCUT2D eigenvalue weighted by Gasteiger charge is 2.27. The molecule has 1 heteroatoms. The molecular formula is C95H70Si. The molecule has 0 unspecified atom stereocenters. The summed E-state index contributed by atoms with van der Waals surface area (Å²) in [7, 11) is -1.77. The Morgan fingerprint density at radius 2 is 0.469 bits per heavy atom. The first kappa shape index (κ1) is 57.4. The molecular weight excluding hydrogens is 1170 g/mol. The molecule has 18 aromatic carbocycles. The van der Waals surface area contributed by atoms with Crippen LogP contribution in [-0.2, 0) is 5.41 Å². The maximum Gasteiger partial charge on any atom is 0.0784 e. The van der Waals surface area contributed by atoms with Crippen LogP contribution in [0.5, 0.6) is 0 Å². The Labute approximate surface area is 562 Å². The minimum Gasteiger partial charge on any atom is -0.0656 e. The number of benzene rings is 18. The largest absolute Gasteiger partial charge is 0.0784 e. The Kier molecular flexibility index (Phi) is 13.3. The van der Waals surface area contributed by atoms with Crippen LogP contribution in [-0.4, -0.2) is 8.07 Å². The summed E-state index contributed by atoms with van der Waals surface area (Å²) < 4.78 is 0. The van der Waals surface area contributed by atoms with E-state index in [2.05, 4.69) is 356 Å². The molecule has 0 saturated carbocycles. The van der Waals surface area contributed by atoms with Gasteiger partial charge in [-0.05, 0) is 209 Å². The molecule has 0 nitrogen and oxygen atoms in total. The van der Waals surface area contributed by atoms with Gasteiger partial charge in [-0.1, -0.05) is 349 Å². The van der Waals surface area contributed by atoms with E-state index in [1.54, 1.807) is 0 Å². The van der Waals surface area contributed by atoms with Gasteiger partial charge in [-0.2, -0.15) is 0 Å². The molecule has 0 saturated heterocycles. The van der Waals surface area contributed by atoms with Crippen molar-refractivity contribution in [3.05, 3.63) is 321 Å². The first-order chi connectivity index (χ1) is 46.9. The summed E-state index contributed by atoms with van der Waals surface area (Å²) in [5, 5.41) is 26.5. The summed E-state index contributed by atoms with van der Waals surface area (Å²) in [6.45, 7) is 14.5. The topological polar surface area (TPSA) is 0 Å². The first-order valence-corrected chi connectivity index (χ1v) is 37.5. The molecule has 18 aromatic rings. The molecule has 96 heavy (non-hydrogen) atoms. The summed E-state index contributed by atoms with van der Waals surface area (Å²) in [4.78, 5) is 0. The molecule has 0 spiro atoms. The van der Waals surface area contributed by atoms with Crippen molar-refractivity contribution in [3.63, 3.8) is 0 Å². The molecule has 0 heterocycles. The second-order valence-corrected chi connectivity index (χ2v) is 33.5. The maximum atomic E-state index is 2.55. The van der Waals surface area contributed by atoms with E-state index >= 15 is 0 Å². The van der Waals surface area contributed by atoms with Gasteiger partial charge < -0.3 is 0 Å². The lowest BCUT2D eigenvalue weighted by Gasteiger charge is -2.25. The van der Waals surface area contributed by atoms with Crippen molar-refractivity contribution >= 4 is 121 Å². The molecule has 0 fully saturated rings. The van der Waals surface area contributed by atoms with Gasteiger partial charge in [0, 0.05) is 0 Å². The van der Waals surface area contributed by atoms with Gasteiger partial charge >= 0.3 is 0 Å². The maximum absolute atomic E-state index is 2.55. The summed E-state index contributed by atoms with van der Waals surface area (Å²) in [5.41, 5.74) is 18.6. The highest BCUT2D eigenvalue weighted by molar-refractivity contribution is 6.90. The van der Waals surface area contributed by atoms with Gasteiger partial charge in [-0.3, -0.25) is 0 Å². The fourth-order valence-electron chi connectivity index (χ4n) is 16.6. The smallest absolute Gasteiger partial charge is 0.0656 e. The quantitative estimate of drug-likeness (QED) is 0.105.